The van der Waals surface area contributed by atoms with Crippen molar-refractivity contribution in [2.75, 3.05) is 56.1 Å². The molecule has 0 bridgehead atoms. The molecule has 3 aliphatic heterocycles. The molecule has 0 spiro atoms. The predicted molar refractivity (Wildman–Crippen MR) is 125 cm³/mol. The Bertz CT molecular complexity index is 1290. The number of hydrogen-bond donors (Lipinski definition) is 2. The van der Waals surface area contributed by atoms with Crippen LogP contribution in [0.2, 0.25) is 0 Å². The van der Waals surface area contributed by atoms with Crippen LogP contribution in [0.1, 0.15) is 18.1 Å². The molecule has 2 atom stereocenters. The number of nitrogens with zero attached hydrogens (tertiary/aromatic N) is 5. The number of nitrogens with one attached hydrogen (secondary N) is 2. The zero-order valence-electron chi connectivity index (χ0n) is 20.6. The van der Waals surface area contributed by atoms with Gasteiger partial charge in [-0.05, 0) is 13.0 Å². The van der Waals surface area contributed by atoms with Crippen molar-refractivity contribution in [3.63, 3.8) is 0 Å². The van der Waals surface area contributed by atoms with E-state index in [1.165, 1.54) is 0 Å². The van der Waals surface area contributed by atoms with E-state index in [4.69, 9.17) is 4.74 Å². The van der Waals surface area contributed by atoms with Crippen molar-refractivity contribution in [3.05, 3.63) is 39.9 Å². The summed E-state index contributed by atoms with van der Waals surface area (Å²) in [5.74, 6) is 0.0548. The summed E-state index contributed by atoms with van der Waals surface area (Å²) >= 11 is 0. The van der Waals surface area contributed by atoms with Crippen LogP contribution in [0.25, 0.3) is 0 Å². The largest absolute Gasteiger partial charge is 0.487 e. The van der Waals surface area contributed by atoms with Crippen LogP contribution in [-0.4, -0.2) is 88.8 Å². The first-order valence-electron chi connectivity index (χ1n) is 12.2. The second-order valence-electron chi connectivity index (χ2n) is 9.93. The van der Waals surface area contributed by atoms with Crippen LogP contribution in [0, 0.1) is 5.92 Å². The number of alkyl halides is 6. The number of ether oxygens (including phenoxy) is 1. The van der Waals surface area contributed by atoms with Gasteiger partial charge in [-0.3, -0.25) is 14.5 Å². The van der Waals surface area contributed by atoms with Gasteiger partial charge in [-0.1, -0.05) is 0 Å². The van der Waals surface area contributed by atoms with Crippen molar-refractivity contribution in [1.29, 1.82) is 0 Å². The van der Waals surface area contributed by atoms with Crippen molar-refractivity contribution in [3.8, 4) is 5.75 Å². The summed E-state index contributed by atoms with van der Waals surface area (Å²) < 4.78 is 84.3. The van der Waals surface area contributed by atoms with Crippen molar-refractivity contribution < 1.29 is 35.9 Å². The Morgan fingerprint density at radius 2 is 1.90 bits per heavy atom. The third-order valence-corrected chi connectivity index (χ3v) is 7.04. The number of fused-ring (bicyclic) bond motifs is 3. The van der Waals surface area contributed by atoms with E-state index in [-0.39, 0.29) is 30.2 Å². The van der Waals surface area contributed by atoms with Gasteiger partial charge in [-0.25, -0.2) is 10.1 Å². The van der Waals surface area contributed by atoms with E-state index >= 15 is 0 Å². The fraction of sp³-hybridized carbons (Fsp3) is 0.565. The maximum Gasteiger partial charge on any atom is 0.423 e. The number of carbonyl (C=O) groups excluding carboxylic acids is 1. The fourth-order valence-corrected chi connectivity index (χ4v) is 5.20. The third-order valence-electron chi connectivity index (χ3n) is 7.04. The van der Waals surface area contributed by atoms with Gasteiger partial charge in [0.2, 0.25) is 5.91 Å². The molecule has 2 aromatic heterocycles. The van der Waals surface area contributed by atoms with Crippen LogP contribution in [0.4, 0.5) is 37.8 Å². The molecule has 16 heteroatoms. The lowest BCUT2D eigenvalue weighted by atomic mass is 9.96. The van der Waals surface area contributed by atoms with Crippen molar-refractivity contribution in [1.82, 2.24) is 25.0 Å². The summed E-state index contributed by atoms with van der Waals surface area (Å²) in [6, 6.07) is 0.231. The number of likely N-dealkylation sites (tertiary alicyclic amines) is 1. The summed E-state index contributed by atoms with van der Waals surface area (Å²) in [4.78, 5) is 34.2. The molecule has 0 aromatic carbocycles. The third kappa shape index (κ3) is 5.46. The van der Waals surface area contributed by atoms with Crippen LogP contribution in [0.5, 0.6) is 5.75 Å². The molecule has 5 heterocycles. The van der Waals surface area contributed by atoms with E-state index in [1.807, 2.05) is 9.80 Å². The Morgan fingerprint density at radius 3 is 2.59 bits per heavy atom. The number of pyridine rings is 1. The summed E-state index contributed by atoms with van der Waals surface area (Å²) in [6.45, 7) is 4.11. The van der Waals surface area contributed by atoms with Crippen molar-refractivity contribution in [2.45, 2.75) is 31.4 Å². The predicted octanol–water partition coefficient (Wildman–Crippen LogP) is 2.04. The molecule has 39 heavy (non-hydrogen) atoms. The van der Waals surface area contributed by atoms with Crippen LogP contribution >= 0.6 is 0 Å². The van der Waals surface area contributed by atoms with Gasteiger partial charge in [-0.15, -0.1) is 0 Å². The van der Waals surface area contributed by atoms with Crippen molar-refractivity contribution in [2.24, 2.45) is 5.92 Å². The Morgan fingerprint density at radius 1 is 1.15 bits per heavy atom. The normalized spacial score (nSPS) is 20.9. The summed E-state index contributed by atoms with van der Waals surface area (Å²) in [7, 11) is 0. The monoisotopic (exact) mass is 561 g/mol. The van der Waals surface area contributed by atoms with Gasteiger partial charge in [-0.2, -0.15) is 31.4 Å². The zero-order valence-corrected chi connectivity index (χ0v) is 20.6. The molecular weight excluding hydrogens is 536 g/mol. The Balaban J connectivity index is 1.13. The van der Waals surface area contributed by atoms with Gasteiger partial charge >= 0.3 is 12.4 Å². The maximum absolute atomic E-state index is 13.3. The first-order valence-corrected chi connectivity index (χ1v) is 12.2. The van der Waals surface area contributed by atoms with Gasteiger partial charge in [0.15, 0.2) is 11.6 Å². The molecule has 0 unspecified atom stereocenters. The number of anilines is 2. The number of H-pyrrole nitrogens is 1. The van der Waals surface area contributed by atoms with Gasteiger partial charge in [0.25, 0.3) is 5.56 Å². The van der Waals surface area contributed by atoms with Crippen LogP contribution in [0.3, 0.4) is 0 Å². The highest BCUT2D eigenvalue weighted by atomic mass is 19.4. The smallest absolute Gasteiger partial charge is 0.423 e. The van der Waals surface area contributed by atoms with E-state index < -0.39 is 40.8 Å². The standard InChI is InChI=1S/C23H25F6N7O3/c1-12(32-16-6-31-33-20(37)18(16)23(27,28)29)7-34-8-13(9-34)21(38)35-2-3-36-15(10-35)11-39-17-4-14(22(24,25)26)5-30-19(17)36/h4-6,12-13,15H,2-3,7-11H2,1H3,(H2,32,33,37)/t12-,15-/m0/s1. The van der Waals surface area contributed by atoms with Gasteiger partial charge in [0.1, 0.15) is 12.2 Å². The molecule has 5 rings (SSSR count). The number of halogens is 6. The number of aromatic nitrogens is 3. The molecule has 2 aromatic rings. The van der Waals surface area contributed by atoms with Crippen LogP contribution in [-0.2, 0) is 17.1 Å². The molecule has 10 nitrogen and oxygen atoms in total. The number of piperazine rings is 1. The lowest BCUT2D eigenvalue weighted by Gasteiger charge is -2.47. The number of rotatable bonds is 5. The number of hydrogen-bond acceptors (Lipinski definition) is 8. The summed E-state index contributed by atoms with van der Waals surface area (Å²) in [6.07, 6.45) is -7.68. The van der Waals surface area contributed by atoms with Crippen LogP contribution < -0.4 is 20.5 Å². The van der Waals surface area contributed by atoms with Gasteiger partial charge in [0, 0.05) is 51.5 Å². The van der Waals surface area contributed by atoms with E-state index in [2.05, 4.69) is 15.4 Å². The van der Waals surface area contributed by atoms with E-state index in [1.54, 1.807) is 16.9 Å². The Kier molecular flexibility index (Phi) is 6.84. The van der Waals surface area contributed by atoms with E-state index in [0.29, 0.717) is 45.1 Å². The highest BCUT2D eigenvalue weighted by Gasteiger charge is 2.42. The number of amides is 1. The minimum absolute atomic E-state index is 0.0594. The molecule has 212 valence electrons. The average Bonchev–Trinajstić information content (AvgIpc) is 2.83. The van der Waals surface area contributed by atoms with Crippen molar-refractivity contribution >= 4 is 17.4 Å². The maximum atomic E-state index is 13.3. The van der Waals surface area contributed by atoms with Gasteiger partial charge < -0.3 is 19.9 Å². The zero-order chi connectivity index (χ0) is 28.1. The lowest BCUT2D eigenvalue weighted by molar-refractivity contribution is -0.142. The molecule has 3 aliphatic rings. The fourth-order valence-electron chi connectivity index (χ4n) is 5.20. The molecule has 2 N–H and O–H groups in total. The molecule has 2 fully saturated rings. The first kappa shape index (κ1) is 27.0. The highest BCUT2D eigenvalue weighted by Crippen LogP contribution is 2.38. The molecule has 1 amide bonds. The lowest BCUT2D eigenvalue weighted by Crippen LogP contribution is -2.62. The molecule has 2 saturated heterocycles. The SMILES string of the molecule is C[C@@H](CN1CC(C(=O)N2CCN3c4ncc(C(F)(F)F)cc4OC[C@@H]3C2)C1)Nc1cn[nH]c(=O)c1C(F)(F)F. The highest BCUT2D eigenvalue weighted by molar-refractivity contribution is 5.80. The molecule has 0 radical (unpaired) electrons. The minimum atomic E-state index is -4.84. The summed E-state index contributed by atoms with van der Waals surface area (Å²) in [5, 5.41) is 7.92. The Labute approximate surface area is 217 Å². The molecule has 0 aliphatic carbocycles. The summed E-state index contributed by atoms with van der Waals surface area (Å²) in [5.41, 5.74) is -3.97. The molecular formula is C23H25F6N7O3. The van der Waals surface area contributed by atoms with E-state index in [0.717, 1.165) is 18.5 Å². The second kappa shape index (κ2) is 9.88. The molecule has 0 saturated carbocycles. The number of carbonyl (C=O) groups is 1. The Hall–Kier alpha value is -3.56. The van der Waals surface area contributed by atoms with Gasteiger partial charge in [0.05, 0.1) is 29.4 Å². The topological polar surface area (TPSA) is 107 Å². The minimum Gasteiger partial charge on any atom is -0.487 e. The average molecular weight is 561 g/mol. The second-order valence-corrected chi connectivity index (χ2v) is 9.93. The van der Waals surface area contributed by atoms with Crippen LogP contribution in [0.15, 0.2) is 23.3 Å². The number of aromatic amines is 1. The quantitative estimate of drug-likeness (QED) is 0.535. The van der Waals surface area contributed by atoms with E-state index in [9.17, 15) is 35.9 Å². The first-order chi connectivity index (χ1) is 18.3.